The Bertz CT molecular complexity index is 517. The van der Waals surface area contributed by atoms with Gasteiger partial charge >= 0.3 is 6.01 Å². The smallest absolute Gasteiger partial charge is 0.337 e. The molecule has 2 aromatic rings. The van der Waals surface area contributed by atoms with Crippen molar-refractivity contribution in [3.05, 3.63) is 17.5 Å². The van der Waals surface area contributed by atoms with Gasteiger partial charge in [0, 0.05) is 5.69 Å². The van der Waals surface area contributed by atoms with Crippen LogP contribution in [0.15, 0.2) is 6.20 Å². The van der Waals surface area contributed by atoms with E-state index in [2.05, 4.69) is 30.7 Å². The lowest BCUT2D eigenvalue weighted by molar-refractivity contribution is 0.102. The summed E-state index contributed by atoms with van der Waals surface area (Å²) in [4.78, 5) is 15.7. The summed E-state index contributed by atoms with van der Waals surface area (Å²) in [5, 5.41) is 15.3. The number of amides is 1. The number of nitrogens with zero attached hydrogens (tertiary/aromatic N) is 3. The summed E-state index contributed by atoms with van der Waals surface area (Å²) < 4.78 is 5.06. The molecule has 8 heteroatoms. The van der Waals surface area contributed by atoms with Crippen molar-refractivity contribution >= 4 is 11.9 Å². The van der Waals surface area contributed by atoms with Crippen LogP contribution >= 0.6 is 0 Å². The Labute approximate surface area is 96.8 Å². The largest absolute Gasteiger partial charge is 0.463 e. The maximum atomic E-state index is 11.8. The number of hydrogen-bond donors (Lipinski definition) is 3. The van der Waals surface area contributed by atoms with Gasteiger partial charge in [0.2, 0.25) is 5.95 Å². The Morgan fingerprint density at radius 2 is 2.35 bits per heavy atom. The molecule has 17 heavy (non-hydrogen) atoms. The van der Waals surface area contributed by atoms with Gasteiger partial charge < -0.3 is 4.74 Å². The number of aromatic amines is 2. The van der Waals surface area contributed by atoms with Crippen molar-refractivity contribution in [2.24, 2.45) is 0 Å². The van der Waals surface area contributed by atoms with Gasteiger partial charge in [0.15, 0.2) is 0 Å². The maximum Gasteiger partial charge on any atom is 0.337 e. The topological polar surface area (TPSA) is 109 Å². The van der Waals surface area contributed by atoms with Crippen LogP contribution in [-0.2, 0) is 0 Å². The molecule has 0 spiro atoms. The molecular formula is C9H12N6O2. The van der Waals surface area contributed by atoms with Crippen LogP contribution in [0.3, 0.4) is 0 Å². The highest BCUT2D eigenvalue weighted by Gasteiger charge is 2.13. The fraction of sp³-hybridized carbons (Fsp3) is 0.333. The Kier molecular flexibility index (Phi) is 3.03. The first-order chi connectivity index (χ1) is 8.20. The van der Waals surface area contributed by atoms with Gasteiger partial charge in [-0.3, -0.25) is 15.2 Å². The molecule has 0 aliphatic rings. The lowest BCUT2D eigenvalue weighted by Gasteiger charge is -1.98. The SMILES string of the molecule is CCOc1n[nH]c(NC(=O)c2cn[nH]c2C)n1. The summed E-state index contributed by atoms with van der Waals surface area (Å²) in [6.45, 7) is 4.05. The molecule has 1 amide bonds. The summed E-state index contributed by atoms with van der Waals surface area (Å²) in [5.74, 6) is -0.0745. The minimum absolute atomic E-state index is 0.201. The average molecular weight is 236 g/mol. The number of carbonyl (C=O) groups excluding carboxylic acids is 1. The molecule has 3 N–H and O–H groups in total. The van der Waals surface area contributed by atoms with Crippen molar-refractivity contribution in [2.45, 2.75) is 13.8 Å². The summed E-state index contributed by atoms with van der Waals surface area (Å²) in [6, 6.07) is 0.201. The quantitative estimate of drug-likeness (QED) is 0.715. The number of rotatable bonds is 4. The second-order valence-corrected chi connectivity index (χ2v) is 3.26. The minimum Gasteiger partial charge on any atom is -0.463 e. The van der Waals surface area contributed by atoms with Crippen LogP contribution in [0.4, 0.5) is 5.95 Å². The average Bonchev–Trinajstić information content (AvgIpc) is 2.88. The number of ether oxygens (including phenoxy) is 1. The first-order valence-electron chi connectivity index (χ1n) is 5.07. The van der Waals surface area contributed by atoms with E-state index in [1.54, 1.807) is 6.92 Å². The lowest BCUT2D eigenvalue weighted by Crippen LogP contribution is -2.13. The van der Waals surface area contributed by atoms with Crippen molar-refractivity contribution < 1.29 is 9.53 Å². The molecule has 0 fully saturated rings. The van der Waals surface area contributed by atoms with E-state index in [0.29, 0.717) is 17.9 Å². The predicted molar refractivity (Wildman–Crippen MR) is 58.8 cm³/mol. The van der Waals surface area contributed by atoms with Crippen LogP contribution in [0.1, 0.15) is 23.0 Å². The van der Waals surface area contributed by atoms with E-state index in [0.717, 1.165) is 0 Å². The molecule has 0 aliphatic heterocycles. The van der Waals surface area contributed by atoms with E-state index in [-0.39, 0.29) is 17.9 Å². The number of carbonyl (C=O) groups is 1. The molecule has 0 bridgehead atoms. The van der Waals surface area contributed by atoms with Crippen molar-refractivity contribution in [1.29, 1.82) is 0 Å². The van der Waals surface area contributed by atoms with Crippen LogP contribution in [0.25, 0.3) is 0 Å². The Hall–Kier alpha value is -2.38. The lowest BCUT2D eigenvalue weighted by atomic mass is 10.2. The zero-order valence-corrected chi connectivity index (χ0v) is 9.44. The maximum absolute atomic E-state index is 11.8. The standard InChI is InChI=1S/C9H12N6O2/c1-3-17-9-12-8(14-15-9)11-7(16)6-4-10-13-5(6)2/h4H,3H2,1-2H3,(H,10,13)(H2,11,12,14,15,16). The van der Waals surface area contributed by atoms with Crippen molar-refractivity contribution in [1.82, 2.24) is 25.4 Å². The van der Waals surface area contributed by atoms with Gasteiger partial charge in [-0.05, 0) is 13.8 Å². The fourth-order valence-corrected chi connectivity index (χ4v) is 1.25. The van der Waals surface area contributed by atoms with Crippen LogP contribution in [0, 0.1) is 6.92 Å². The third-order valence-electron chi connectivity index (χ3n) is 2.04. The number of H-pyrrole nitrogens is 2. The molecule has 2 rings (SSSR count). The number of anilines is 1. The van der Waals surface area contributed by atoms with Crippen LogP contribution in [0.5, 0.6) is 6.01 Å². The zero-order valence-electron chi connectivity index (χ0n) is 9.44. The second-order valence-electron chi connectivity index (χ2n) is 3.26. The summed E-state index contributed by atoms with van der Waals surface area (Å²) >= 11 is 0. The molecule has 0 radical (unpaired) electrons. The summed E-state index contributed by atoms with van der Waals surface area (Å²) in [5.41, 5.74) is 1.14. The van der Waals surface area contributed by atoms with Gasteiger partial charge in [-0.15, -0.1) is 5.10 Å². The third kappa shape index (κ3) is 2.41. The Morgan fingerprint density at radius 3 is 3.00 bits per heavy atom. The van der Waals surface area contributed by atoms with Crippen molar-refractivity contribution in [2.75, 3.05) is 11.9 Å². The van der Waals surface area contributed by atoms with Crippen LogP contribution in [-0.4, -0.2) is 37.9 Å². The molecule has 0 atom stereocenters. The van der Waals surface area contributed by atoms with Crippen LogP contribution < -0.4 is 10.1 Å². The number of nitrogens with one attached hydrogen (secondary N) is 3. The Morgan fingerprint density at radius 1 is 1.53 bits per heavy atom. The highest BCUT2D eigenvalue weighted by molar-refractivity contribution is 6.03. The molecule has 0 aromatic carbocycles. The van der Waals surface area contributed by atoms with Gasteiger partial charge in [0.05, 0.1) is 18.4 Å². The van der Waals surface area contributed by atoms with Crippen LogP contribution in [0.2, 0.25) is 0 Å². The minimum atomic E-state index is -0.310. The molecule has 0 unspecified atom stereocenters. The molecule has 8 nitrogen and oxygen atoms in total. The summed E-state index contributed by atoms with van der Waals surface area (Å²) in [7, 11) is 0. The van der Waals surface area contributed by atoms with E-state index < -0.39 is 0 Å². The zero-order chi connectivity index (χ0) is 12.3. The molecule has 2 heterocycles. The second kappa shape index (κ2) is 4.64. The van der Waals surface area contributed by atoms with Gasteiger partial charge in [-0.25, -0.2) is 5.10 Å². The van der Waals surface area contributed by atoms with Gasteiger partial charge in [0.1, 0.15) is 0 Å². The highest BCUT2D eigenvalue weighted by atomic mass is 16.5. The van der Waals surface area contributed by atoms with E-state index in [1.807, 2.05) is 6.92 Å². The number of aromatic nitrogens is 5. The van der Waals surface area contributed by atoms with Gasteiger partial charge in [0.25, 0.3) is 5.91 Å². The first kappa shape index (κ1) is 11.1. The molecule has 90 valence electrons. The predicted octanol–water partition coefficient (Wildman–Crippen LogP) is 0.487. The number of aryl methyl sites for hydroxylation is 1. The highest BCUT2D eigenvalue weighted by Crippen LogP contribution is 2.09. The summed E-state index contributed by atoms with van der Waals surface area (Å²) in [6.07, 6.45) is 1.45. The normalized spacial score (nSPS) is 10.2. The molecule has 0 saturated carbocycles. The third-order valence-corrected chi connectivity index (χ3v) is 2.04. The monoisotopic (exact) mass is 236 g/mol. The van der Waals surface area contributed by atoms with Gasteiger partial charge in [-0.2, -0.15) is 10.1 Å². The van der Waals surface area contributed by atoms with Crippen molar-refractivity contribution in [3.8, 4) is 6.01 Å². The van der Waals surface area contributed by atoms with E-state index in [1.165, 1.54) is 6.20 Å². The Balaban J connectivity index is 2.05. The molecular weight excluding hydrogens is 224 g/mol. The number of hydrogen-bond acceptors (Lipinski definition) is 5. The van der Waals surface area contributed by atoms with E-state index in [4.69, 9.17) is 4.74 Å². The molecule has 0 aliphatic carbocycles. The molecule has 2 aromatic heterocycles. The van der Waals surface area contributed by atoms with Crippen molar-refractivity contribution in [3.63, 3.8) is 0 Å². The van der Waals surface area contributed by atoms with E-state index >= 15 is 0 Å². The fourth-order valence-electron chi connectivity index (χ4n) is 1.25. The molecule has 0 saturated heterocycles. The van der Waals surface area contributed by atoms with Gasteiger partial charge in [-0.1, -0.05) is 0 Å². The van der Waals surface area contributed by atoms with E-state index in [9.17, 15) is 4.79 Å². The first-order valence-corrected chi connectivity index (χ1v) is 5.07.